The third kappa shape index (κ3) is 10.1. The van der Waals surface area contributed by atoms with Gasteiger partial charge in [-0.25, -0.2) is 4.98 Å². The summed E-state index contributed by atoms with van der Waals surface area (Å²) in [6.07, 6.45) is 7.98. The summed E-state index contributed by atoms with van der Waals surface area (Å²) in [6.45, 7) is 0.579. The van der Waals surface area contributed by atoms with E-state index in [1.807, 2.05) is 48.5 Å². The molecule has 8 nitrogen and oxygen atoms in total. The second kappa shape index (κ2) is 20.2. The molecule has 0 spiro atoms. The maximum Gasteiger partial charge on any atom is 0.241 e. The van der Waals surface area contributed by atoms with Crippen molar-refractivity contribution in [2.24, 2.45) is 5.73 Å². The SMILES string of the molecule is Cl.Cl.Cl.Cl.Cl.Cl.N[C@@H](Cc1cnc[nH]1)C(=O)N1CCC[C@H]1N(C=O)[C@@H](Cc1ccccn1)c1ccccc1. The van der Waals surface area contributed by atoms with E-state index in [1.54, 1.807) is 28.5 Å². The summed E-state index contributed by atoms with van der Waals surface area (Å²) in [5.74, 6) is -0.154. The largest absolute Gasteiger partial charge is 0.348 e. The van der Waals surface area contributed by atoms with Crippen molar-refractivity contribution in [2.45, 2.75) is 43.9 Å². The molecule has 14 heteroatoms. The summed E-state index contributed by atoms with van der Waals surface area (Å²) < 4.78 is 0. The van der Waals surface area contributed by atoms with Crippen LogP contribution in [0.4, 0.5) is 0 Å². The lowest BCUT2D eigenvalue weighted by atomic mass is 9.99. The average Bonchev–Trinajstić information content (AvgIpc) is 3.52. The number of H-pyrrole nitrogens is 1. The number of nitrogens with two attached hydrogens (primary N) is 1. The Morgan fingerprint density at radius 3 is 2.32 bits per heavy atom. The molecule has 2 amide bonds. The van der Waals surface area contributed by atoms with Crippen molar-refractivity contribution in [3.05, 3.63) is 84.2 Å². The zero-order valence-corrected chi connectivity index (χ0v) is 25.2. The second-order valence-electron chi connectivity index (χ2n) is 8.05. The smallest absolute Gasteiger partial charge is 0.241 e. The fourth-order valence-corrected chi connectivity index (χ4v) is 4.39. The van der Waals surface area contributed by atoms with Crippen LogP contribution in [-0.4, -0.2) is 55.8 Å². The highest BCUT2D eigenvalue weighted by atomic mass is 35.5. The minimum absolute atomic E-state index is 0. The topological polar surface area (TPSA) is 108 Å². The molecule has 0 radical (unpaired) electrons. The molecule has 1 aliphatic rings. The van der Waals surface area contributed by atoms with Gasteiger partial charge in [0, 0.05) is 43.2 Å². The molecule has 0 bridgehead atoms. The van der Waals surface area contributed by atoms with Gasteiger partial charge in [0.25, 0.3) is 0 Å². The molecule has 2 aromatic heterocycles. The zero-order valence-electron chi connectivity index (χ0n) is 20.3. The van der Waals surface area contributed by atoms with Gasteiger partial charge < -0.3 is 20.5 Å². The quantitative estimate of drug-likeness (QED) is 0.329. The molecule has 214 valence electrons. The number of imidazole rings is 1. The van der Waals surface area contributed by atoms with Crippen LogP contribution in [0.15, 0.2) is 67.3 Å². The van der Waals surface area contributed by atoms with Crippen molar-refractivity contribution in [3.8, 4) is 0 Å². The fourth-order valence-electron chi connectivity index (χ4n) is 4.39. The van der Waals surface area contributed by atoms with Gasteiger partial charge in [-0.3, -0.25) is 14.6 Å². The molecule has 0 saturated carbocycles. The molecule has 1 aliphatic heterocycles. The lowest BCUT2D eigenvalue weighted by Gasteiger charge is -2.39. The summed E-state index contributed by atoms with van der Waals surface area (Å²) in [5.41, 5.74) is 8.95. The number of rotatable bonds is 9. The van der Waals surface area contributed by atoms with Crippen LogP contribution in [0.1, 0.15) is 35.8 Å². The van der Waals surface area contributed by atoms with E-state index < -0.39 is 6.04 Å². The Morgan fingerprint density at radius 1 is 1.05 bits per heavy atom. The minimum Gasteiger partial charge on any atom is -0.348 e. The van der Waals surface area contributed by atoms with Crippen LogP contribution in [0, 0.1) is 0 Å². The first-order chi connectivity index (χ1) is 15.7. The number of hydrogen-bond donors (Lipinski definition) is 2. The number of hydrogen-bond acceptors (Lipinski definition) is 5. The maximum absolute atomic E-state index is 13.2. The first-order valence-corrected chi connectivity index (χ1v) is 10.9. The Kier molecular flexibility index (Phi) is 21.6. The lowest BCUT2D eigenvalue weighted by Crippen LogP contribution is -2.53. The third-order valence-corrected chi connectivity index (χ3v) is 5.95. The van der Waals surface area contributed by atoms with E-state index in [0.717, 1.165) is 29.8 Å². The molecule has 3 aromatic rings. The highest BCUT2D eigenvalue weighted by molar-refractivity contribution is 5.86. The van der Waals surface area contributed by atoms with Gasteiger partial charge in [0.2, 0.25) is 12.3 Å². The van der Waals surface area contributed by atoms with Gasteiger partial charge in [-0.05, 0) is 30.5 Å². The van der Waals surface area contributed by atoms with Crippen molar-refractivity contribution < 1.29 is 9.59 Å². The van der Waals surface area contributed by atoms with Crippen LogP contribution in [0.3, 0.4) is 0 Å². The van der Waals surface area contributed by atoms with Crippen LogP contribution in [0.2, 0.25) is 0 Å². The van der Waals surface area contributed by atoms with E-state index in [0.29, 0.717) is 25.8 Å². The van der Waals surface area contributed by atoms with Crippen molar-refractivity contribution >= 4 is 86.8 Å². The van der Waals surface area contributed by atoms with Gasteiger partial charge >= 0.3 is 0 Å². The van der Waals surface area contributed by atoms with Crippen LogP contribution in [0.5, 0.6) is 0 Å². The van der Waals surface area contributed by atoms with Crippen LogP contribution < -0.4 is 5.73 Å². The predicted octanol–water partition coefficient (Wildman–Crippen LogP) is 4.60. The number of pyridine rings is 1. The number of aromatic amines is 1. The Labute approximate surface area is 260 Å². The van der Waals surface area contributed by atoms with Crippen molar-refractivity contribution in [2.75, 3.05) is 6.54 Å². The Morgan fingerprint density at radius 2 is 1.74 bits per heavy atom. The lowest BCUT2D eigenvalue weighted by molar-refractivity contribution is -0.141. The van der Waals surface area contributed by atoms with Gasteiger partial charge in [-0.2, -0.15) is 0 Å². The molecule has 3 N–H and O–H groups in total. The number of likely N-dealkylation sites (tertiary alicyclic amines) is 1. The first kappa shape index (κ1) is 40.7. The molecule has 1 aromatic carbocycles. The molecule has 3 atom stereocenters. The number of amides is 2. The number of halogens is 6. The normalized spacial score (nSPS) is 14.9. The number of aromatic nitrogens is 3. The highest BCUT2D eigenvalue weighted by Crippen LogP contribution is 2.31. The van der Waals surface area contributed by atoms with E-state index in [9.17, 15) is 9.59 Å². The maximum atomic E-state index is 13.2. The first-order valence-electron chi connectivity index (χ1n) is 10.9. The predicted molar refractivity (Wildman–Crippen MR) is 164 cm³/mol. The standard InChI is InChI=1S/C24H28N6O2.6ClH/c25-21(13-20-15-26-16-28-20)24(32)29-12-6-10-23(29)30(17-31)22(18-7-2-1-3-8-18)14-19-9-4-5-11-27-19;;;;;;/h1-5,7-9,11,15-17,21-23H,6,10,12-14,25H2,(H,26,28);6*1H/t21-,22-,23+;;;;;;/m0....../s1. The van der Waals surface area contributed by atoms with Crippen molar-refractivity contribution in [1.82, 2.24) is 24.8 Å². The summed E-state index contributed by atoms with van der Waals surface area (Å²) in [6, 6.07) is 14.7. The Hall–Kier alpha value is -1.78. The molecule has 0 aliphatic carbocycles. The average molecular weight is 651 g/mol. The van der Waals surface area contributed by atoms with E-state index in [4.69, 9.17) is 5.73 Å². The van der Waals surface area contributed by atoms with Crippen molar-refractivity contribution in [1.29, 1.82) is 0 Å². The molecule has 0 unspecified atom stereocenters. The molecule has 4 rings (SSSR count). The van der Waals surface area contributed by atoms with Crippen LogP contribution in [-0.2, 0) is 22.4 Å². The fraction of sp³-hybridized carbons (Fsp3) is 0.333. The third-order valence-electron chi connectivity index (χ3n) is 5.95. The molecule has 1 saturated heterocycles. The van der Waals surface area contributed by atoms with Crippen molar-refractivity contribution in [3.63, 3.8) is 0 Å². The van der Waals surface area contributed by atoms with Gasteiger partial charge in [0.05, 0.1) is 18.4 Å². The van der Waals surface area contributed by atoms with E-state index in [1.165, 1.54) is 0 Å². The van der Waals surface area contributed by atoms with Gasteiger partial charge in [-0.15, -0.1) is 74.4 Å². The van der Waals surface area contributed by atoms with Gasteiger partial charge in [-0.1, -0.05) is 36.4 Å². The number of carbonyl (C=O) groups is 2. The highest BCUT2D eigenvalue weighted by Gasteiger charge is 2.38. The minimum atomic E-state index is -0.699. The Bertz CT molecular complexity index is 1020. The number of nitrogens with zero attached hydrogens (tertiary/aromatic N) is 4. The van der Waals surface area contributed by atoms with Crippen LogP contribution >= 0.6 is 74.4 Å². The summed E-state index contributed by atoms with van der Waals surface area (Å²) in [7, 11) is 0. The van der Waals surface area contributed by atoms with Gasteiger partial charge in [0.1, 0.15) is 6.17 Å². The number of nitrogens with one attached hydrogen (secondary N) is 1. The molecule has 1 fully saturated rings. The molecule has 3 heterocycles. The second-order valence-corrected chi connectivity index (χ2v) is 8.05. The van der Waals surface area contributed by atoms with Crippen LogP contribution in [0.25, 0.3) is 0 Å². The molecular weight excluding hydrogens is 617 g/mol. The number of benzene rings is 1. The molecular formula is C24H34Cl6N6O2. The summed E-state index contributed by atoms with van der Waals surface area (Å²) in [5, 5.41) is 0. The van der Waals surface area contributed by atoms with Gasteiger partial charge in [0.15, 0.2) is 0 Å². The monoisotopic (exact) mass is 648 g/mol. The zero-order chi connectivity index (χ0) is 22.3. The molecule has 38 heavy (non-hydrogen) atoms. The summed E-state index contributed by atoms with van der Waals surface area (Å²) in [4.78, 5) is 40.6. The van der Waals surface area contributed by atoms with E-state index in [-0.39, 0.29) is 92.6 Å². The Balaban J connectivity index is -0.00000204. The van der Waals surface area contributed by atoms with E-state index in [2.05, 4.69) is 15.0 Å². The van der Waals surface area contributed by atoms with E-state index >= 15 is 0 Å². The number of carbonyl (C=O) groups excluding carboxylic acids is 2. The summed E-state index contributed by atoms with van der Waals surface area (Å²) >= 11 is 0.